The Hall–Kier alpha value is -0.230. The van der Waals surface area contributed by atoms with Gasteiger partial charge in [0.25, 0.3) is 0 Å². The Kier molecular flexibility index (Phi) is 3.79. The molecular formula is C11H7Br2FOS. The summed E-state index contributed by atoms with van der Waals surface area (Å²) in [5.41, 5.74) is 0.275. The zero-order valence-corrected chi connectivity index (χ0v) is 11.9. The number of hydrogen-bond acceptors (Lipinski definition) is 2. The highest BCUT2D eigenvalue weighted by Crippen LogP contribution is 2.34. The lowest BCUT2D eigenvalue weighted by Gasteiger charge is -2.11. The van der Waals surface area contributed by atoms with E-state index in [0.717, 1.165) is 8.95 Å². The minimum atomic E-state index is -0.938. The second-order valence-electron chi connectivity index (χ2n) is 3.20. The quantitative estimate of drug-likeness (QED) is 0.831. The minimum absolute atomic E-state index is 0.275. The number of benzene rings is 1. The van der Waals surface area contributed by atoms with Crippen molar-refractivity contribution >= 4 is 43.2 Å². The van der Waals surface area contributed by atoms with Crippen LogP contribution in [-0.4, -0.2) is 5.11 Å². The highest BCUT2D eigenvalue weighted by molar-refractivity contribution is 9.10. The number of aliphatic hydroxyl groups is 1. The first-order valence-electron chi connectivity index (χ1n) is 4.45. The third kappa shape index (κ3) is 2.37. The largest absolute Gasteiger partial charge is 0.383 e. The Bertz CT molecular complexity index is 512. The van der Waals surface area contributed by atoms with E-state index >= 15 is 0 Å². The summed E-state index contributed by atoms with van der Waals surface area (Å²) >= 11 is 7.97. The van der Waals surface area contributed by atoms with E-state index in [0.29, 0.717) is 4.88 Å². The summed E-state index contributed by atoms with van der Waals surface area (Å²) in [6.45, 7) is 0. The number of hydrogen-bond donors (Lipinski definition) is 1. The predicted octanol–water partition coefficient (Wildman–Crippen LogP) is 4.49. The van der Waals surface area contributed by atoms with Crippen LogP contribution in [0.2, 0.25) is 0 Å². The zero-order chi connectivity index (χ0) is 11.7. The van der Waals surface area contributed by atoms with E-state index in [1.165, 1.54) is 17.4 Å². The first-order valence-corrected chi connectivity index (χ1v) is 6.92. The van der Waals surface area contributed by atoms with Crippen LogP contribution in [-0.2, 0) is 0 Å². The SMILES string of the molecule is OC(c1cc(Br)ccc1F)c1sccc1Br. The van der Waals surface area contributed by atoms with Crippen molar-refractivity contribution in [3.63, 3.8) is 0 Å². The van der Waals surface area contributed by atoms with E-state index < -0.39 is 11.9 Å². The standard InChI is InChI=1S/C11H7Br2FOS/c12-6-1-2-9(14)7(5-6)10(15)11-8(13)3-4-16-11/h1-5,10,15H. The smallest absolute Gasteiger partial charge is 0.129 e. The highest BCUT2D eigenvalue weighted by Gasteiger charge is 2.18. The molecule has 0 spiro atoms. The van der Waals surface area contributed by atoms with Crippen LogP contribution in [0.25, 0.3) is 0 Å². The van der Waals surface area contributed by atoms with Gasteiger partial charge in [-0.3, -0.25) is 0 Å². The zero-order valence-electron chi connectivity index (χ0n) is 7.95. The summed E-state index contributed by atoms with van der Waals surface area (Å²) in [7, 11) is 0. The Morgan fingerprint density at radius 1 is 1.25 bits per heavy atom. The van der Waals surface area contributed by atoms with Gasteiger partial charge >= 0.3 is 0 Å². The van der Waals surface area contributed by atoms with Crippen LogP contribution < -0.4 is 0 Å². The van der Waals surface area contributed by atoms with Crippen LogP contribution in [0.3, 0.4) is 0 Å². The molecule has 2 aromatic rings. The molecule has 0 aliphatic carbocycles. The number of thiophene rings is 1. The Balaban J connectivity index is 2.45. The molecule has 1 nitrogen and oxygen atoms in total. The van der Waals surface area contributed by atoms with E-state index in [-0.39, 0.29) is 5.56 Å². The van der Waals surface area contributed by atoms with Gasteiger partial charge in [-0.1, -0.05) is 15.9 Å². The summed E-state index contributed by atoms with van der Waals surface area (Å²) in [4.78, 5) is 0.706. The predicted molar refractivity (Wildman–Crippen MR) is 70.2 cm³/mol. The molecule has 0 fully saturated rings. The summed E-state index contributed by atoms with van der Waals surface area (Å²) in [5, 5.41) is 11.9. The number of rotatable bonds is 2. The van der Waals surface area contributed by atoms with Crippen LogP contribution in [0.1, 0.15) is 16.5 Å². The fourth-order valence-corrected chi connectivity index (χ4v) is 3.34. The van der Waals surface area contributed by atoms with Gasteiger partial charge in [-0.25, -0.2) is 4.39 Å². The summed E-state index contributed by atoms with van der Waals surface area (Å²) < 4.78 is 15.1. The van der Waals surface area contributed by atoms with E-state index in [2.05, 4.69) is 31.9 Å². The lowest BCUT2D eigenvalue weighted by Crippen LogP contribution is -2.01. The average molecular weight is 366 g/mol. The van der Waals surface area contributed by atoms with Gasteiger partial charge in [0.2, 0.25) is 0 Å². The third-order valence-electron chi connectivity index (χ3n) is 2.15. The van der Waals surface area contributed by atoms with Crippen LogP contribution in [0.15, 0.2) is 38.6 Å². The molecule has 16 heavy (non-hydrogen) atoms. The molecule has 1 heterocycles. The molecule has 1 unspecified atom stereocenters. The Morgan fingerprint density at radius 3 is 2.62 bits per heavy atom. The van der Waals surface area contributed by atoms with Gasteiger partial charge in [-0.05, 0) is 45.6 Å². The van der Waals surface area contributed by atoms with Crippen molar-refractivity contribution in [3.05, 3.63) is 54.8 Å². The van der Waals surface area contributed by atoms with Gasteiger partial charge < -0.3 is 5.11 Å². The molecule has 0 aliphatic heterocycles. The van der Waals surface area contributed by atoms with Gasteiger partial charge in [0, 0.05) is 14.5 Å². The molecule has 1 aromatic carbocycles. The number of halogens is 3. The van der Waals surface area contributed by atoms with Crippen molar-refractivity contribution in [3.8, 4) is 0 Å². The Labute approximate surface area is 113 Å². The second kappa shape index (κ2) is 4.96. The summed E-state index contributed by atoms with van der Waals surface area (Å²) in [6.07, 6.45) is -0.938. The van der Waals surface area contributed by atoms with E-state index in [4.69, 9.17) is 0 Å². The Morgan fingerprint density at radius 2 is 2.00 bits per heavy atom. The van der Waals surface area contributed by atoms with Crippen molar-refractivity contribution < 1.29 is 9.50 Å². The van der Waals surface area contributed by atoms with Gasteiger partial charge in [0.15, 0.2) is 0 Å². The van der Waals surface area contributed by atoms with Gasteiger partial charge in [-0.2, -0.15) is 0 Å². The molecule has 1 N–H and O–H groups in total. The van der Waals surface area contributed by atoms with Gasteiger partial charge in [0.05, 0.1) is 4.88 Å². The summed E-state index contributed by atoms with van der Waals surface area (Å²) in [5.74, 6) is -0.406. The van der Waals surface area contributed by atoms with Crippen molar-refractivity contribution in [1.29, 1.82) is 0 Å². The first-order chi connectivity index (χ1) is 7.59. The molecule has 0 aliphatic rings. The van der Waals surface area contributed by atoms with Crippen molar-refractivity contribution in [1.82, 2.24) is 0 Å². The second-order valence-corrected chi connectivity index (χ2v) is 5.92. The maximum atomic E-state index is 13.6. The van der Waals surface area contributed by atoms with Crippen molar-refractivity contribution in [2.75, 3.05) is 0 Å². The molecule has 1 aromatic heterocycles. The molecule has 2 rings (SSSR count). The van der Waals surface area contributed by atoms with Gasteiger partial charge in [0.1, 0.15) is 11.9 Å². The molecule has 0 saturated carbocycles. The van der Waals surface area contributed by atoms with Crippen LogP contribution in [0.4, 0.5) is 4.39 Å². The topological polar surface area (TPSA) is 20.2 Å². The molecule has 84 valence electrons. The van der Waals surface area contributed by atoms with Crippen molar-refractivity contribution in [2.45, 2.75) is 6.10 Å². The van der Waals surface area contributed by atoms with E-state index in [1.54, 1.807) is 12.1 Å². The number of aliphatic hydroxyl groups excluding tert-OH is 1. The average Bonchev–Trinajstić information content (AvgIpc) is 2.67. The lowest BCUT2D eigenvalue weighted by molar-refractivity contribution is 0.218. The van der Waals surface area contributed by atoms with Gasteiger partial charge in [-0.15, -0.1) is 11.3 Å². The monoisotopic (exact) mass is 364 g/mol. The van der Waals surface area contributed by atoms with E-state index in [1.807, 2.05) is 11.4 Å². The molecule has 0 radical (unpaired) electrons. The first kappa shape index (κ1) is 12.2. The molecule has 5 heteroatoms. The minimum Gasteiger partial charge on any atom is -0.383 e. The molecule has 1 atom stereocenters. The van der Waals surface area contributed by atoms with E-state index in [9.17, 15) is 9.50 Å². The summed E-state index contributed by atoms with van der Waals surface area (Å²) in [6, 6.07) is 6.37. The van der Waals surface area contributed by atoms with Crippen molar-refractivity contribution in [2.24, 2.45) is 0 Å². The van der Waals surface area contributed by atoms with Crippen LogP contribution in [0, 0.1) is 5.82 Å². The molecular weight excluding hydrogens is 359 g/mol. The highest BCUT2D eigenvalue weighted by atomic mass is 79.9. The third-order valence-corrected chi connectivity index (χ3v) is 4.56. The molecule has 0 saturated heterocycles. The normalized spacial score (nSPS) is 12.8. The lowest BCUT2D eigenvalue weighted by atomic mass is 10.1. The van der Waals surface area contributed by atoms with Crippen LogP contribution in [0.5, 0.6) is 0 Å². The molecule has 0 amide bonds. The maximum Gasteiger partial charge on any atom is 0.129 e. The molecule has 0 bridgehead atoms. The maximum absolute atomic E-state index is 13.6. The fourth-order valence-electron chi connectivity index (χ4n) is 1.37. The fraction of sp³-hybridized carbons (Fsp3) is 0.0909. The van der Waals surface area contributed by atoms with Crippen LogP contribution >= 0.6 is 43.2 Å².